The van der Waals surface area contributed by atoms with Crippen LogP contribution in [0.2, 0.25) is 0 Å². The van der Waals surface area contributed by atoms with Crippen molar-refractivity contribution in [3.05, 3.63) is 11.8 Å². The van der Waals surface area contributed by atoms with Crippen molar-refractivity contribution in [2.24, 2.45) is 5.92 Å². The molecule has 0 aromatic heterocycles. The number of rotatable bonds is 6. The predicted molar refractivity (Wildman–Crippen MR) is 66.4 cm³/mol. The van der Waals surface area contributed by atoms with Crippen LogP contribution in [-0.4, -0.2) is 25.2 Å². The van der Waals surface area contributed by atoms with E-state index < -0.39 is 0 Å². The topological polar surface area (TPSA) is 67.4 Å². The largest absolute Gasteiger partial charge is 0.466 e. The third-order valence-electron chi connectivity index (χ3n) is 2.26. The van der Waals surface area contributed by atoms with Gasteiger partial charge in [0, 0.05) is 12.7 Å². The van der Waals surface area contributed by atoms with Gasteiger partial charge < -0.3 is 15.4 Å². The zero-order valence-corrected chi connectivity index (χ0v) is 11.0. The minimum absolute atomic E-state index is 0.189. The number of nitrogens with one attached hydrogen (secondary N) is 2. The number of ether oxygens (including phenoxy) is 1. The van der Waals surface area contributed by atoms with Crippen molar-refractivity contribution in [3.63, 3.8) is 0 Å². The average molecular weight is 242 g/mol. The fraction of sp³-hybridized carbons (Fsp3) is 0.667. The first-order chi connectivity index (χ1) is 7.97. The number of allylic oxidation sites excluding steroid dienone is 1. The minimum atomic E-state index is -0.311. The van der Waals surface area contributed by atoms with Gasteiger partial charge >= 0.3 is 12.0 Å². The van der Waals surface area contributed by atoms with Gasteiger partial charge in [-0.2, -0.15) is 0 Å². The number of amides is 2. The van der Waals surface area contributed by atoms with Crippen molar-refractivity contribution < 1.29 is 14.3 Å². The van der Waals surface area contributed by atoms with Gasteiger partial charge in [0.2, 0.25) is 0 Å². The lowest BCUT2D eigenvalue weighted by Crippen LogP contribution is -2.34. The number of carbonyl (C=O) groups excluding carboxylic acids is 2. The summed E-state index contributed by atoms with van der Waals surface area (Å²) in [5, 5.41) is 5.18. The molecule has 0 unspecified atom stereocenters. The summed E-state index contributed by atoms with van der Waals surface area (Å²) in [6, 6.07) is -0.311. The van der Waals surface area contributed by atoms with Crippen LogP contribution < -0.4 is 10.6 Å². The number of carbonyl (C=O) groups is 2. The molecule has 0 saturated carbocycles. The molecule has 0 spiro atoms. The first kappa shape index (κ1) is 15.5. The quantitative estimate of drug-likeness (QED) is 0.698. The molecule has 0 aromatic rings. The van der Waals surface area contributed by atoms with Gasteiger partial charge in [-0.15, -0.1) is 0 Å². The Kier molecular flexibility index (Phi) is 7.84. The van der Waals surface area contributed by atoms with Gasteiger partial charge in [0.25, 0.3) is 0 Å². The standard InChI is InChI=1S/C12H22N2O3/c1-5-17-11(15)6-7-13-12(16)14-8-10(4)9(2)3/h8-9H,5-7H2,1-4H3,(H2,13,14,16)/b10-8+. The van der Waals surface area contributed by atoms with Crippen LogP contribution in [0.15, 0.2) is 11.8 Å². The van der Waals surface area contributed by atoms with Gasteiger partial charge in [-0.3, -0.25) is 4.79 Å². The van der Waals surface area contributed by atoms with Gasteiger partial charge in [-0.25, -0.2) is 4.79 Å². The molecule has 0 atom stereocenters. The molecule has 5 heteroatoms. The van der Waals surface area contributed by atoms with Crippen LogP contribution in [0.25, 0.3) is 0 Å². The number of hydrogen-bond donors (Lipinski definition) is 2. The Morgan fingerprint density at radius 2 is 2.00 bits per heavy atom. The van der Waals surface area contributed by atoms with Crippen LogP contribution in [0.5, 0.6) is 0 Å². The Labute approximate surface area is 103 Å². The van der Waals surface area contributed by atoms with Crippen molar-refractivity contribution in [1.29, 1.82) is 0 Å². The van der Waals surface area contributed by atoms with E-state index in [0.29, 0.717) is 12.5 Å². The molecule has 0 radical (unpaired) electrons. The second-order valence-corrected chi connectivity index (χ2v) is 4.00. The Hall–Kier alpha value is -1.52. The minimum Gasteiger partial charge on any atom is -0.466 e. The summed E-state index contributed by atoms with van der Waals surface area (Å²) >= 11 is 0. The Morgan fingerprint density at radius 3 is 2.53 bits per heavy atom. The highest BCUT2D eigenvalue weighted by atomic mass is 16.5. The summed E-state index contributed by atoms with van der Waals surface area (Å²) in [5.74, 6) is 0.0940. The maximum atomic E-state index is 11.3. The van der Waals surface area contributed by atoms with E-state index in [1.54, 1.807) is 13.1 Å². The molecule has 0 aliphatic heterocycles. The lowest BCUT2D eigenvalue weighted by Gasteiger charge is -2.07. The zero-order valence-electron chi connectivity index (χ0n) is 11.0. The molecule has 17 heavy (non-hydrogen) atoms. The molecule has 5 nitrogen and oxygen atoms in total. The normalized spacial score (nSPS) is 11.2. The molecule has 0 fully saturated rings. The van der Waals surface area contributed by atoms with E-state index in [1.807, 2.05) is 20.8 Å². The third kappa shape index (κ3) is 8.30. The second-order valence-electron chi connectivity index (χ2n) is 4.00. The highest BCUT2D eigenvalue weighted by Gasteiger charge is 2.03. The summed E-state index contributed by atoms with van der Waals surface area (Å²) in [4.78, 5) is 22.3. The van der Waals surface area contributed by atoms with E-state index in [4.69, 9.17) is 4.74 Å². The van der Waals surface area contributed by atoms with E-state index in [1.165, 1.54) is 0 Å². The second kappa shape index (κ2) is 8.61. The first-order valence-corrected chi connectivity index (χ1v) is 5.84. The molecule has 0 heterocycles. The molecule has 0 bridgehead atoms. The maximum absolute atomic E-state index is 11.3. The summed E-state index contributed by atoms with van der Waals surface area (Å²) in [6.07, 6.45) is 1.86. The molecular formula is C12H22N2O3. The average Bonchev–Trinajstić information content (AvgIpc) is 2.26. The number of hydrogen-bond acceptors (Lipinski definition) is 3. The fourth-order valence-electron chi connectivity index (χ4n) is 0.908. The van der Waals surface area contributed by atoms with Gasteiger partial charge in [0.15, 0.2) is 0 Å². The van der Waals surface area contributed by atoms with Gasteiger partial charge in [0.05, 0.1) is 13.0 Å². The Morgan fingerprint density at radius 1 is 1.35 bits per heavy atom. The van der Waals surface area contributed by atoms with Crippen LogP contribution >= 0.6 is 0 Å². The molecule has 0 aromatic carbocycles. The molecule has 2 N–H and O–H groups in total. The Bertz CT molecular complexity index is 285. The summed E-state index contributed by atoms with van der Waals surface area (Å²) in [5.41, 5.74) is 1.09. The highest BCUT2D eigenvalue weighted by Crippen LogP contribution is 2.05. The molecule has 0 aliphatic rings. The van der Waals surface area contributed by atoms with E-state index in [0.717, 1.165) is 5.57 Å². The lowest BCUT2D eigenvalue weighted by molar-refractivity contribution is -0.142. The number of urea groups is 1. The number of esters is 1. The van der Waals surface area contributed by atoms with E-state index in [9.17, 15) is 9.59 Å². The first-order valence-electron chi connectivity index (χ1n) is 5.84. The molecular weight excluding hydrogens is 220 g/mol. The predicted octanol–water partition coefficient (Wildman–Crippen LogP) is 1.80. The van der Waals surface area contributed by atoms with E-state index in [2.05, 4.69) is 10.6 Å². The summed E-state index contributed by atoms with van der Waals surface area (Å²) in [7, 11) is 0. The van der Waals surface area contributed by atoms with Crippen LogP contribution in [-0.2, 0) is 9.53 Å². The summed E-state index contributed by atoms with van der Waals surface area (Å²) < 4.78 is 4.73. The SMILES string of the molecule is CCOC(=O)CCNC(=O)N/C=C(\C)C(C)C. The Balaban J connectivity index is 3.74. The molecule has 98 valence electrons. The van der Waals surface area contributed by atoms with Crippen LogP contribution in [0.3, 0.4) is 0 Å². The van der Waals surface area contributed by atoms with Crippen LogP contribution in [0, 0.1) is 5.92 Å². The van der Waals surface area contributed by atoms with E-state index >= 15 is 0 Å². The van der Waals surface area contributed by atoms with Crippen LogP contribution in [0.4, 0.5) is 4.79 Å². The third-order valence-corrected chi connectivity index (χ3v) is 2.26. The molecule has 0 rings (SSSR count). The zero-order chi connectivity index (χ0) is 13.3. The van der Waals surface area contributed by atoms with E-state index in [-0.39, 0.29) is 25.0 Å². The van der Waals surface area contributed by atoms with Crippen molar-refractivity contribution in [3.8, 4) is 0 Å². The van der Waals surface area contributed by atoms with Crippen molar-refractivity contribution in [2.75, 3.05) is 13.2 Å². The maximum Gasteiger partial charge on any atom is 0.318 e. The fourth-order valence-corrected chi connectivity index (χ4v) is 0.908. The van der Waals surface area contributed by atoms with Crippen molar-refractivity contribution in [2.45, 2.75) is 34.1 Å². The van der Waals surface area contributed by atoms with Crippen molar-refractivity contribution >= 4 is 12.0 Å². The molecule has 0 aliphatic carbocycles. The highest BCUT2D eigenvalue weighted by molar-refractivity contribution is 5.76. The van der Waals surface area contributed by atoms with Crippen molar-refractivity contribution in [1.82, 2.24) is 10.6 Å². The molecule has 2 amide bonds. The monoisotopic (exact) mass is 242 g/mol. The lowest BCUT2D eigenvalue weighted by atomic mass is 10.1. The molecule has 0 saturated heterocycles. The summed E-state index contributed by atoms with van der Waals surface area (Å²) in [6.45, 7) is 8.43. The van der Waals surface area contributed by atoms with Crippen LogP contribution in [0.1, 0.15) is 34.1 Å². The van der Waals surface area contributed by atoms with Gasteiger partial charge in [0.1, 0.15) is 0 Å². The van der Waals surface area contributed by atoms with Gasteiger partial charge in [-0.05, 0) is 19.8 Å². The van der Waals surface area contributed by atoms with Gasteiger partial charge in [-0.1, -0.05) is 19.4 Å². The smallest absolute Gasteiger partial charge is 0.318 e.